The molecule has 6 nitrogen and oxygen atoms in total. The highest BCUT2D eigenvalue weighted by Crippen LogP contribution is 2.23. The molecule has 1 aliphatic rings. The molecule has 0 heterocycles. The van der Waals surface area contributed by atoms with Crippen LogP contribution < -0.4 is 0 Å². The molecular weight excluding hydrogens is 424 g/mol. The zero-order valence-corrected chi connectivity index (χ0v) is 18.8. The average molecular weight is 453 g/mol. The van der Waals surface area contributed by atoms with Crippen LogP contribution in [0.4, 0.5) is 5.69 Å². The summed E-state index contributed by atoms with van der Waals surface area (Å²) in [4.78, 5) is 10.4. The molecule has 0 spiro atoms. The molecule has 0 bridgehead atoms. The fraction of sp³-hybridized carbons (Fsp3) is 0.320. The number of sulfonamides is 1. The Morgan fingerprint density at radius 2 is 1.69 bits per heavy atom. The Hall–Kier alpha value is -3.15. The Labute approximate surface area is 189 Å². The lowest BCUT2D eigenvalue weighted by atomic mass is 9.96. The Morgan fingerprint density at radius 3 is 2.34 bits per heavy atom. The molecule has 32 heavy (non-hydrogen) atoms. The van der Waals surface area contributed by atoms with Gasteiger partial charge in [0.25, 0.3) is 15.7 Å². The summed E-state index contributed by atoms with van der Waals surface area (Å²) in [7, 11) is -3.83. The number of nitrogens with zero attached hydrogens (tertiary/aromatic N) is 2. The summed E-state index contributed by atoms with van der Waals surface area (Å²) in [6.45, 7) is 0.304. The quantitative estimate of drug-likeness (QED) is 0.200. The zero-order valence-electron chi connectivity index (χ0n) is 18.0. The van der Waals surface area contributed by atoms with Crippen LogP contribution in [0.25, 0.3) is 6.08 Å². The third-order valence-corrected chi connectivity index (χ3v) is 7.16. The zero-order chi connectivity index (χ0) is 22.8. The van der Waals surface area contributed by atoms with Crippen LogP contribution in [-0.4, -0.2) is 24.2 Å². The number of hydrogen-bond acceptors (Lipinski definition) is 4. The molecule has 0 aromatic heterocycles. The van der Waals surface area contributed by atoms with Gasteiger partial charge in [0.05, 0.1) is 16.0 Å². The van der Waals surface area contributed by atoms with Gasteiger partial charge in [-0.3, -0.25) is 14.4 Å². The molecular formula is C25H28N2O4S. The first-order valence-electron chi connectivity index (χ1n) is 10.9. The van der Waals surface area contributed by atoms with E-state index in [-0.39, 0.29) is 10.6 Å². The Balaban J connectivity index is 1.75. The molecule has 2 aromatic carbocycles. The fourth-order valence-corrected chi connectivity index (χ4v) is 4.88. The minimum atomic E-state index is -3.83. The number of nitro benzene ring substituents is 1. The van der Waals surface area contributed by atoms with Gasteiger partial charge in [0.15, 0.2) is 0 Å². The van der Waals surface area contributed by atoms with E-state index in [9.17, 15) is 18.5 Å². The fourth-order valence-electron chi connectivity index (χ4n) is 3.56. The predicted octanol–water partition coefficient (Wildman–Crippen LogP) is 6.08. The second kappa shape index (κ2) is 11.5. The lowest BCUT2D eigenvalue weighted by Crippen LogP contribution is -2.27. The lowest BCUT2D eigenvalue weighted by Gasteiger charge is -2.20. The van der Waals surface area contributed by atoms with Crippen molar-refractivity contribution >= 4 is 21.8 Å². The molecule has 0 unspecified atom stereocenters. The van der Waals surface area contributed by atoms with Gasteiger partial charge in [-0.05, 0) is 61.8 Å². The molecule has 0 N–H and O–H groups in total. The van der Waals surface area contributed by atoms with Crippen molar-refractivity contribution in [3.63, 3.8) is 0 Å². The normalized spacial score (nSPS) is 14.2. The topological polar surface area (TPSA) is 80.5 Å². The summed E-state index contributed by atoms with van der Waals surface area (Å²) in [5.74, 6) is 0. The van der Waals surface area contributed by atoms with E-state index in [1.165, 1.54) is 41.2 Å². The van der Waals surface area contributed by atoms with Gasteiger partial charge in [-0.15, -0.1) is 5.73 Å². The van der Waals surface area contributed by atoms with E-state index in [0.29, 0.717) is 13.0 Å². The number of nitro groups is 1. The van der Waals surface area contributed by atoms with E-state index < -0.39 is 14.9 Å². The smallest absolute Gasteiger partial charge is 0.266 e. The van der Waals surface area contributed by atoms with Crippen LogP contribution >= 0.6 is 0 Å². The molecule has 0 atom stereocenters. The first-order chi connectivity index (χ1) is 15.5. The highest BCUT2D eigenvalue weighted by Gasteiger charge is 2.22. The van der Waals surface area contributed by atoms with Gasteiger partial charge in [0, 0.05) is 18.7 Å². The number of unbranched alkanes of at least 4 members (excludes halogenated alkanes) is 1. The van der Waals surface area contributed by atoms with Crippen molar-refractivity contribution in [2.45, 2.75) is 49.8 Å². The van der Waals surface area contributed by atoms with Crippen LogP contribution in [0.1, 0.15) is 50.5 Å². The van der Waals surface area contributed by atoms with Crippen molar-refractivity contribution in [2.24, 2.45) is 0 Å². The molecule has 1 saturated carbocycles. The minimum Gasteiger partial charge on any atom is -0.266 e. The number of benzene rings is 2. The second-order valence-corrected chi connectivity index (χ2v) is 9.65. The van der Waals surface area contributed by atoms with Gasteiger partial charge in [0.1, 0.15) is 0 Å². The maximum Gasteiger partial charge on any atom is 0.269 e. The second-order valence-electron chi connectivity index (χ2n) is 7.76. The first-order valence-corrected chi connectivity index (χ1v) is 12.3. The summed E-state index contributed by atoms with van der Waals surface area (Å²) < 4.78 is 27.8. The van der Waals surface area contributed by atoms with Crippen molar-refractivity contribution < 1.29 is 13.3 Å². The Kier molecular flexibility index (Phi) is 8.42. The third kappa shape index (κ3) is 6.67. The first kappa shape index (κ1) is 23.5. The number of rotatable bonds is 9. The standard InChI is InChI=1S/C25H28N2O4S/c28-27(29)24-15-17-25(18-16-24)32(30,31)26(21-19-23-13-6-2-7-14-23)20-9-3-8-12-22-10-4-1-5-11-22/h1,4-5,8,10-12,15-18,21H,2-3,6-7,9,13-14,20H2/b12-8-. The van der Waals surface area contributed by atoms with E-state index in [0.717, 1.165) is 43.2 Å². The van der Waals surface area contributed by atoms with Gasteiger partial charge >= 0.3 is 0 Å². The lowest BCUT2D eigenvalue weighted by molar-refractivity contribution is -0.384. The Morgan fingerprint density at radius 1 is 1.00 bits per heavy atom. The van der Waals surface area contributed by atoms with Crippen molar-refractivity contribution in [3.8, 4) is 0 Å². The predicted molar refractivity (Wildman–Crippen MR) is 126 cm³/mol. The van der Waals surface area contributed by atoms with Gasteiger partial charge < -0.3 is 0 Å². The maximum atomic E-state index is 13.2. The molecule has 1 aliphatic carbocycles. The number of non-ortho nitro benzene ring substituents is 1. The summed E-state index contributed by atoms with van der Waals surface area (Å²) in [6.07, 6.45) is 12.3. The van der Waals surface area contributed by atoms with E-state index in [1.54, 1.807) is 0 Å². The molecule has 0 radical (unpaired) electrons. The van der Waals surface area contributed by atoms with Crippen LogP contribution in [0, 0.1) is 10.1 Å². The maximum absolute atomic E-state index is 13.2. The summed E-state index contributed by atoms with van der Waals surface area (Å²) in [5.41, 5.74) is 5.31. The van der Waals surface area contributed by atoms with E-state index >= 15 is 0 Å². The molecule has 0 saturated heterocycles. The van der Waals surface area contributed by atoms with Gasteiger partial charge in [-0.25, -0.2) is 8.42 Å². The molecule has 1 fully saturated rings. The Bertz CT molecular complexity index is 1090. The molecule has 7 heteroatoms. The molecule has 3 rings (SSSR count). The van der Waals surface area contributed by atoms with Crippen LogP contribution in [0.2, 0.25) is 0 Å². The monoisotopic (exact) mass is 452 g/mol. The third-order valence-electron chi connectivity index (χ3n) is 5.38. The number of allylic oxidation sites excluding steroid dienone is 2. The van der Waals surface area contributed by atoms with Gasteiger partial charge in [-0.2, -0.15) is 0 Å². The minimum absolute atomic E-state index is 0.0367. The van der Waals surface area contributed by atoms with Crippen LogP contribution in [0.15, 0.2) is 83.1 Å². The van der Waals surface area contributed by atoms with Crippen molar-refractivity contribution in [1.29, 1.82) is 0 Å². The molecule has 2 aromatic rings. The van der Waals surface area contributed by atoms with Crippen molar-refractivity contribution in [1.82, 2.24) is 4.31 Å². The summed E-state index contributed by atoms with van der Waals surface area (Å²) in [6, 6.07) is 15.0. The molecule has 0 amide bonds. The molecule has 0 aliphatic heterocycles. The van der Waals surface area contributed by atoms with Crippen LogP contribution in [0.5, 0.6) is 0 Å². The van der Waals surface area contributed by atoms with Gasteiger partial charge in [0.2, 0.25) is 0 Å². The SMILES string of the molecule is O=[N+]([O-])c1ccc(S(=O)(=O)N(C=C=C2CCCCC2)CCC/C=C\c2ccccc2)cc1. The average Bonchev–Trinajstić information content (AvgIpc) is 2.82. The number of hydrogen-bond donors (Lipinski definition) is 0. The van der Waals surface area contributed by atoms with E-state index in [2.05, 4.69) is 5.73 Å². The van der Waals surface area contributed by atoms with Gasteiger partial charge in [-0.1, -0.05) is 48.9 Å². The molecule has 168 valence electrons. The summed E-state index contributed by atoms with van der Waals surface area (Å²) >= 11 is 0. The highest BCUT2D eigenvalue weighted by atomic mass is 32.2. The largest absolute Gasteiger partial charge is 0.269 e. The van der Waals surface area contributed by atoms with Crippen molar-refractivity contribution in [2.75, 3.05) is 6.54 Å². The van der Waals surface area contributed by atoms with Crippen LogP contribution in [-0.2, 0) is 10.0 Å². The van der Waals surface area contributed by atoms with E-state index in [1.807, 2.05) is 42.5 Å². The summed E-state index contributed by atoms with van der Waals surface area (Å²) in [5, 5.41) is 10.9. The van der Waals surface area contributed by atoms with Crippen LogP contribution in [0.3, 0.4) is 0 Å². The van der Waals surface area contributed by atoms with E-state index in [4.69, 9.17) is 0 Å². The highest BCUT2D eigenvalue weighted by molar-refractivity contribution is 7.89. The van der Waals surface area contributed by atoms with Crippen molar-refractivity contribution in [3.05, 3.63) is 93.9 Å².